The van der Waals surface area contributed by atoms with Crippen molar-refractivity contribution in [3.05, 3.63) is 94.9 Å². The Hall–Kier alpha value is -4.50. The molecule has 3 aromatic heterocycles. The Morgan fingerprint density at radius 2 is 1.85 bits per heavy atom. The van der Waals surface area contributed by atoms with E-state index in [1.165, 1.54) is 16.2 Å². The van der Waals surface area contributed by atoms with E-state index in [-0.39, 0.29) is 11.3 Å². The summed E-state index contributed by atoms with van der Waals surface area (Å²) in [5, 5.41) is 12.1. The lowest BCUT2D eigenvalue weighted by Crippen LogP contribution is -2.29. The summed E-state index contributed by atoms with van der Waals surface area (Å²) in [4.78, 5) is 38.0. The third kappa shape index (κ3) is 4.32. The molecule has 2 aromatic carbocycles. The smallest absolute Gasteiger partial charge is 0.301 e. The molecule has 1 N–H and O–H groups in total. The zero-order chi connectivity index (χ0) is 28.0. The molecule has 0 spiro atoms. The molecule has 0 saturated carbocycles. The fourth-order valence-electron chi connectivity index (χ4n) is 5.07. The van der Waals surface area contributed by atoms with Gasteiger partial charge in [-0.05, 0) is 67.8 Å². The molecule has 1 atom stereocenters. The molecule has 5 aromatic rings. The number of unbranched alkanes of at least 4 members (excludes halogenated alkanes) is 1. The number of thiazole rings is 1. The van der Waals surface area contributed by atoms with Crippen molar-refractivity contribution in [1.29, 1.82) is 0 Å². The van der Waals surface area contributed by atoms with Crippen molar-refractivity contribution in [1.82, 2.24) is 14.4 Å². The van der Waals surface area contributed by atoms with E-state index in [0.29, 0.717) is 40.1 Å². The monoisotopic (exact) mass is 552 g/mol. The molecule has 1 saturated heterocycles. The maximum absolute atomic E-state index is 13.7. The average Bonchev–Trinajstić information content (AvgIpc) is 3.59. The minimum absolute atomic E-state index is 0.00570. The van der Waals surface area contributed by atoms with Gasteiger partial charge in [0.2, 0.25) is 0 Å². The number of nitrogens with zero attached hydrogens (tertiary/aromatic N) is 4. The molecule has 0 bridgehead atoms. The third-order valence-electron chi connectivity index (χ3n) is 7.07. The molecule has 8 nitrogen and oxygen atoms in total. The number of aryl methyl sites for hydroxylation is 2. The van der Waals surface area contributed by atoms with Crippen molar-refractivity contribution < 1.29 is 19.4 Å². The lowest BCUT2D eigenvalue weighted by Gasteiger charge is -2.23. The van der Waals surface area contributed by atoms with Gasteiger partial charge in [-0.15, -0.1) is 0 Å². The summed E-state index contributed by atoms with van der Waals surface area (Å²) in [6, 6.07) is 17.8. The van der Waals surface area contributed by atoms with E-state index in [0.717, 1.165) is 28.6 Å². The number of carbonyl (C=O) groups is 2. The first kappa shape index (κ1) is 25.8. The van der Waals surface area contributed by atoms with Crippen molar-refractivity contribution in [2.45, 2.75) is 39.7 Å². The number of aliphatic hydroxyl groups excluding tert-OH is 1. The van der Waals surface area contributed by atoms with E-state index >= 15 is 0 Å². The molecule has 1 aliphatic rings. The van der Waals surface area contributed by atoms with E-state index in [4.69, 9.17) is 9.72 Å². The molecule has 1 fully saturated rings. The minimum Gasteiger partial charge on any atom is -0.505 e. The second kappa shape index (κ2) is 10.2. The number of imidazole rings is 1. The number of hydrogen-bond acceptors (Lipinski definition) is 7. The Balaban J connectivity index is 1.53. The number of hydrogen-bond donors (Lipinski definition) is 1. The van der Waals surface area contributed by atoms with Crippen molar-refractivity contribution in [2.24, 2.45) is 0 Å². The van der Waals surface area contributed by atoms with Crippen LogP contribution in [0.5, 0.6) is 5.75 Å². The van der Waals surface area contributed by atoms with Gasteiger partial charge in [-0.25, -0.2) is 9.97 Å². The fourth-order valence-corrected chi connectivity index (χ4v) is 6.17. The lowest BCUT2D eigenvalue weighted by molar-refractivity contribution is -0.132. The maximum atomic E-state index is 13.7. The SMILES string of the molecule is CCCCOc1ccc(C2/C(=C(\O)c3c(C)nc4ccccn34)C(=O)C(=O)N2c2nc3ccc(C)cc3s2)cc1. The van der Waals surface area contributed by atoms with Crippen LogP contribution in [0.1, 0.15) is 48.3 Å². The number of rotatable bonds is 7. The predicted octanol–water partition coefficient (Wildman–Crippen LogP) is 6.37. The molecule has 1 amide bonds. The summed E-state index contributed by atoms with van der Waals surface area (Å²) in [6.45, 7) is 6.47. The number of aliphatic hydroxyl groups is 1. The van der Waals surface area contributed by atoms with E-state index in [2.05, 4.69) is 11.9 Å². The number of aromatic nitrogens is 3. The van der Waals surface area contributed by atoms with Crippen molar-refractivity contribution in [2.75, 3.05) is 11.5 Å². The minimum atomic E-state index is -0.889. The Labute approximate surface area is 235 Å². The second-order valence-corrected chi connectivity index (χ2v) is 10.9. The van der Waals surface area contributed by atoms with E-state index in [1.807, 2.05) is 67.6 Å². The highest BCUT2D eigenvalue weighted by atomic mass is 32.1. The molecule has 1 unspecified atom stereocenters. The van der Waals surface area contributed by atoms with Crippen LogP contribution in [0.15, 0.2) is 72.4 Å². The molecule has 4 heterocycles. The molecule has 9 heteroatoms. The average molecular weight is 553 g/mol. The van der Waals surface area contributed by atoms with Gasteiger partial charge in [0.05, 0.1) is 34.1 Å². The van der Waals surface area contributed by atoms with Gasteiger partial charge < -0.3 is 9.84 Å². The van der Waals surface area contributed by atoms with Gasteiger partial charge in [-0.2, -0.15) is 0 Å². The first-order valence-electron chi connectivity index (χ1n) is 13.2. The van der Waals surface area contributed by atoms with Crippen molar-refractivity contribution >= 4 is 49.8 Å². The first-order valence-corrected chi connectivity index (χ1v) is 14.0. The van der Waals surface area contributed by atoms with Crippen LogP contribution in [-0.4, -0.2) is 37.8 Å². The van der Waals surface area contributed by atoms with Gasteiger partial charge in [0.1, 0.15) is 17.1 Å². The highest BCUT2D eigenvalue weighted by Crippen LogP contribution is 2.45. The summed E-state index contributed by atoms with van der Waals surface area (Å²) in [5.74, 6) is -1.09. The van der Waals surface area contributed by atoms with Gasteiger partial charge in [-0.3, -0.25) is 18.9 Å². The zero-order valence-electron chi connectivity index (χ0n) is 22.4. The predicted molar refractivity (Wildman–Crippen MR) is 156 cm³/mol. The fraction of sp³-hybridized carbons (Fsp3) is 0.226. The second-order valence-electron chi connectivity index (χ2n) is 9.88. The largest absolute Gasteiger partial charge is 0.505 e. The van der Waals surface area contributed by atoms with Crippen LogP contribution in [-0.2, 0) is 9.59 Å². The number of ketones is 1. The standard InChI is InChI=1S/C31H28N4O4S/c1-4-5-16-39-21-12-10-20(11-13-21)27-25(28(36)26-19(3)32-24-8-6-7-15-34(24)26)29(37)30(38)35(27)31-33-22-14-9-18(2)17-23(22)40-31/h6-15,17,27,36H,4-5,16H2,1-3H3/b28-25+. The highest BCUT2D eigenvalue weighted by molar-refractivity contribution is 7.22. The Morgan fingerprint density at radius 1 is 1.05 bits per heavy atom. The molecule has 202 valence electrons. The van der Waals surface area contributed by atoms with Crippen LogP contribution in [0, 0.1) is 13.8 Å². The molecule has 0 radical (unpaired) electrons. The maximum Gasteiger partial charge on any atom is 0.301 e. The number of benzene rings is 2. The van der Waals surface area contributed by atoms with Crippen LogP contribution >= 0.6 is 11.3 Å². The van der Waals surface area contributed by atoms with Gasteiger partial charge in [0.25, 0.3) is 5.78 Å². The number of Topliss-reactive ketones (excluding diaryl/α,β-unsaturated/α-hetero) is 1. The van der Waals surface area contributed by atoms with E-state index in [9.17, 15) is 14.7 Å². The molecular weight excluding hydrogens is 524 g/mol. The number of amides is 1. The normalized spacial score (nSPS) is 16.9. The third-order valence-corrected chi connectivity index (χ3v) is 8.09. The van der Waals surface area contributed by atoms with Crippen molar-refractivity contribution in [3.8, 4) is 5.75 Å². The Kier molecular flexibility index (Phi) is 6.59. The van der Waals surface area contributed by atoms with Gasteiger partial charge >= 0.3 is 5.91 Å². The summed E-state index contributed by atoms with van der Waals surface area (Å²) in [7, 11) is 0. The number of anilines is 1. The van der Waals surface area contributed by atoms with Gasteiger partial charge in [0.15, 0.2) is 10.9 Å². The van der Waals surface area contributed by atoms with Crippen molar-refractivity contribution in [3.63, 3.8) is 0 Å². The first-order chi connectivity index (χ1) is 19.4. The number of fused-ring (bicyclic) bond motifs is 2. The summed E-state index contributed by atoms with van der Waals surface area (Å²) < 4.78 is 8.47. The van der Waals surface area contributed by atoms with E-state index < -0.39 is 17.7 Å². The van der Waals surface area contributed by atoms with Crippen LogP contribution < -0.4 is 9.64 Å². The number of ether oxygens (including phenoxy) is 1. The summed E-state index contributed by atoms with van der Waals surface area (Å²) >= 11 is 1.34. The molecule has 1 aliphatic heterocycles. The summed E-state index contributed by atoms with van der Waals surface area (Å²) in [6.07, 6.45) is 3.74. The molecular formula is C31H28N4O4S. The van der Waals surface area contributed by atoms with Gasteiger partial charge in [-0.1, -0.05) is 48.9 Å². The van der Waals surface area contributed by atoms with Crippen LogP contribution in [0.25, 0.3) is 21.6 Å². The topological polar surface area (TPSA) is 97.0 Å². The quantitative estimate of drug-likeness (QED) is 0.109. The zero-order valence-corrected chi connectivity index (χ0v) is 23.2. The Morgan fingerprint density at radius 3 is 2.62 bits per heavy atom. The summed E-state index contributed by atoms with van der Waals surface area (Å²) in [5.41, 5.74) is 4.01. The van der Waals surface area contributed by atoms with E-state index in [1.54, 1.807) is 17.5 Å². The molecule has 40 heavy (non-hydrogen) atoms. The molecule has 6 rings (SSSR count). The lowest BCUT2D eigenvalue weighted by atomic mass is 9.96. The van der Waals surface area contributed by atoms with Crippen LogP contribution in [0.2, 0.25) is 0 Å². The Bertz CT molecular complexity index is 1800. The van der Waals surface area contributed by atoms with Crippen LogP contribution in [0.3, 0.4) is 0 Å². The number of pyridine rings is 1. The van der Waals surface area contributed by atoms with Gasteiger partial charge in [0, 0.05) is 6.20 Å². The highest BCUT2D eigenvalue weighted by Gasteiger charge is 2.48. The molecule has 0 aliphatic carbocycles. The number of carbonyl (C=O) groups excluding carboxylic acids is 2. The van der Waals surface area contributed by atoms with Crippen LogP contribution in [0.4, 0.5) is 5.13 Å².